The van der Waals surface area contributed by atoms with E-state index in [9.17, 15) is 4.79 Å². The Kier molecular flexibility index (Phi) is 4.54. The van der Waals surface area contributed by atoms with E-state index < -0.39 is 5.97 Å². The van der Waals surface area contributed by atoms with Crippen LogP contribution in [0, 0.1) is 5.92 Å². The Morgan fingerprint density at radius 3 is 3.11 bits per heavy atom. The highest BCUT2D eigenvalue weighted by Crippen LogP contribution is 2.23. The van der Waals surface area contributed by atoms with Crippen LogP contribution in [0.1, 0.15) is 26.2 Å². The van der Waals surface area contributed by atoms with Gasteiger partial charge in [0.2, 0.25) is 0 Å². The lowest BCUT2D eigenvalue weighted by Gasteiger charge is -2.17. The van der Waals surface area contributed by atoms with E-state index in [4.69, 9.17) is 5.11 Å². The van der Waals surface area contributed by atoms with Crippen LogP contribution in [-0.2, 0) is 4.79 Å². The first-order chi connectivity index (χ1) is 9.20. The Bertz CT molecular complexity index is 438. The van der Waals surface area contributed by atoms with Gasteiger partial charge >= 0.3 is 5.97 Å². The maximum atomic E-state index is 10.9. The highest BCUT2D eigenvalue weighted by Gasteiger charge is 2.28. The normalized spacial score (nSPS) is 18.6. The molecular formula is C13H20N4O2. The van der Waals surface area contributed by atoms with E-state index in [2.05, 4.69) is 22.2 Å². The third kappa shape index (κ3) is 3.56. The van der Waals surface area contributed by atoms with Gasteiger partial charge in [0.15, 0.2) is 0 Å². The summed E-state index contributed by atoms with van der Waals surface area (Å²) < 4.78 is 0. The minimum absolute atomic E-state index is 0.286. The summed E-state index contributed by atoms with van der Waals surface area (Å²) in [7, 11) is 0. The number of hydrogen-bond acceptors (Lipinski definition) is 5. The minimum Gasteiger partial charge on any atom is -0.481 e. The molecule has 2 rings (SSSR count). The molecule has 19 heavy (non-hydrogen) atoms. The Hall–Kier alpha value is -1.85. The number of anilines is 2. The van der Waals surface area contributed by atoms with Gasteiger partial charge in [0, 0.05) is 25.7 Å². The summed E-state index contributed by atoms with van der Waals surface area (Å²) >= 11 is 0. The lowest BCUT2D eigenvalue weighted by atomic mass is 10.1. The van der Waals surface area contributed by atoms with Crippen LogP contribution in [0.15, 0.2) is 12.4 Å². The summed E-state index contributed by atoms with van der Waals surface area (Å²) in [5.74, 6) is 0.597. The summed E-state index contributed by atoms with van der Waals surface area (Å²) in [4.78, 5) is 21.4. The minimum atomic E-state index is -0.724. The monoisotopic (exact) mass is 264 g/mol. The average molecular weight is 264 g/mol. The molecule has 6 heteroatoms. The van der Waals surface area contributed by atoms with Crippen LogP contribution in [0.5, 0.6) is 0 Å². The molecule has 0 aliphatic carbocycles. The number of rotatable bonds is 6. The number of aliphatic carboxylic acids is 1. The molecule has 1 aromatic heterocycles. The number of carboxylic acids is 1. The van der Waals surface area contributed by atoms with Gasteiger partial charge in [-0.05, 0) is 12.8 Å². The van der Waals surface area contributed by atoms with Gasteiger partial charge in [-0.15, -0.1) is 0 Å². The van der Waals surface area contributed by atoms with E-state index in [1.807, 2.05) is 11.0 Å². The first-order valence-corrected chi connectivity index (χ1v) is 6.74. The van der Waals surface area contributed by atoms with Crippen molar-refractivity contribution in [2.75, 3.05) is 29.9 Å². The van der Waals surface area contributed by atoms with Crippen molar-refractivity contribution >= 4 is 17.6 Å². The van der Waals surface area contributed by atoms with Crippen molar-refractivity contribution in [2.24, 2.45) is 5.92 Å². The van der Waals surface area contributed by atoms with Crippen LogP contribution in [0.25, 0.3) is 0 Å². The van der Waals surface area contributed by atoms with E-state index in [0.29, 0.717) is 13.0 Å². The van der Waals surface area contributed by atoms with Crippen LogP contribution in [0.3, 0.4) is 0 Å². The van der Waals surface area contributed by atoms with Crippen molar-refractivity contribution in [2.45, 2.75) is 26.2 Å². The first-order valence-electron chi connectivity index (χ1n) is 6.74. The third-order valence-corrected chi connectivity index (χ3v) is 3.35. The van der Waals surface area contributed by atoms with Crippen molar-refractivity contribution in [3.05, 3.63) is 12.4 Å². The fourth-order valence-corrected chi connectivity index (χ4v) is 2.18. The predicted molar refractivity (Wildman–Crippen MR) is 73.4 cm³/mol. The summed E-state index contributed by atoms with van der Waals surface area (Å²) in [6, 6.07) is 1.89. The van der Waals surface area contributed by atoms with Gasteiger partial charge in [0.25, 0.3) is 0 Å². The molecule has 1 aromatic rings. The maximum Gasteiger partial charge on any atom is 0.308 e. The SMILES string of the molecule is CCCCNc1cc(N2CCC(C(=O)O)C2)ncn1. The zero-order chi connectivity index (χ0) is 13.7. The second kappa shape index (κ2) is 6.36. The number of aromatic nitrogens is 2. The van der Waals surface area contributed by atoms with Crippen LogP contribution < -0.4 is 10.2 Å². The van der Waals surface area contributed by atoms with Crippen molar-refractivity contribution < 1.29 is 9.90 Å². The number of nitrogens with one attached hydrogen (secondary N) is 1. The maximum absolute atomic E-state index is 10.9. The lowest BCUT2D eigenvalue weighted by molar-refractivity contribution is -0.140. The van der Waals surface area contributed by atoms with Gasteiger partial charge in [0.1, 0.15) is 18.0 Å². The highest BCUT2D eigenvalue weighted by molar-refractivity contribution is 5.72. The molecule has 6 nitrogen and oxygen atoms in total. The zero-order valence-electron chi connectivity index (χ0n) is 11.2. The summed E-state index contributed by atoms with van der Waals surface area (Å²) in [5, 5.41) is 12.3. The van der Waals surface area contributed by atoms with E-state index in [-0.39, 0.29) is 5.92 Å². The molecule has 1 saturated heterocycles. The summed E-state index contributed by atoms with van der Waals surface area (Å²) in [6.45, 7) is 4.30. The lowest BCUT2D eigenvalue weighted by Crippen LogP contribution is -2.23. The number of carbonyl (C=O) groups is 1. The van der Waals surface area contributed by atoms with Gasteiger partial charge in [-0.25, -0.2) is 9.97 Å². The molecule has 0 radical (unpaired) electrons. The van der Waals surface area contributed by atoms with Gasteiger partial charge in [0.05, 0.1) is 5.92 Å². The number of carboxylic acid groups (broad SMARTS) is 1. The van der Waals surface area contributed by atoms with E-state index in [1.54, 1.807) is 0 Å². The fraction of sp³-hybridized carbons (Fsp3) is 0.615. The molecule has 2 heterocycles. The standard InChI is InChI=1S/C13H20N4O2/c1-2-3-5-14-11-7-12(16-9-15-11)17-6-4-10(8-17)13(18)19/h7,9-10H,2-6,8H2,1H3,(H,18,19)(H,14,15,16). The van der Waals surface area contributed by atoms with Crippen LogP contribution in [0.2, 0.25) is 0 Å². The molecule has 0 amide bonds. The van der Waals surface area contributed by atoms with Gasteiger partial charge < -0.3 is 15.3 Å². The van der Waals surface area contributed by atoms with Gasteiger partial charge in [-0.1, -0.05) is 13.3 Å². The van der Waals surface area contributed by atoms with Crippen LogP contribution in [-0.4, -0.2) is 40.7 Å². The van der Waals surface area contributed by atoms with E-state index >= 15 is 0 Å². The average Bonchev–Trinajstić information content (AvgIpc) is 2.89. The highest BCUT2D eigenvalue weighted by atomic mass is 16.4. The second-order valence-corrected chi connectivity index (χ2v) is 4.81. The molecule has 0 aromatic carbocycles. The largest absolute Gasteiger partial charge is 0.481 e. The van der Waals surface area contributed by atoms with Crippen molar-refractivity contribution in [3.8, 4) is 0 Å². The first kappa shape index (κ1) is 13.6. The van der Waals surface area contributed by atoms with Crippen molar-refractivity contribution in [3.63, 3.8) is 0 Å². The molecule has 104 valence electrons. The zero-order valence-corrected chi connectivity index (χ0v) is 11.2. The summed E-state index contributed by atoms with van der Waals surface area (Å²) in [5.41, 5.74) is 0. The Morgan fingerprint density at radius 1 is 1.58 bits per heavy atom. The fourth-order valence-electron chi connectivity index (χ4n) is 2.18. The molecule has 1 unspecified atom stereocenters. The van der Waals surface area contributed by atoms with Crippen molar-refractivity contribution in [1.82, 2.24) is 9.97 Å². The topological polar surface area (TPSA) is 78.4 Å². The van der Waals surface area contributed by atoms with Crippen molar-refractivity contribution in [1.29, 1.82) is 0 Å². The van der Waals surface area contributed by atoms with Gasteiger partial charge in [-0.2, -0.15) is 0 Å². The molecular weight excluding hydrogens is 244 g/mol. The molecule has 1 fully saturated rings. The third-order valence-electron chi connectivity index (χ3n) is 3.35. The van der Waals surface area contributed by atoms with Crippen LogP contribution >= 0.6 is 0 Å². The number of unbranched alkanes of at least 4 members (excludes halogenated alkanes) is 1. The molecule has 0 saturated carbocycles. The van der Waals surface area contributed by atoms with Crippen LogP contribution in [0.4, 0.5) is 11.6 Å². The smallest absolute Gasteiger partial charge is 0.308 e. The van der Waals surface area contributed by atoms with E-state index in [1.165, 1.54) is 6.33 Å². The molecule has 1 aliphatic rings. The Morgan fingerprint density at radius 2 is 2.42 bits per heavy atom. The Balaban J connectivity index is 1.97. The molecule has 0 bridgehead atoms. The molecule has 0 spiro atoms. The quantitative estimate of drug-likeness (QED) is 0.760. The molecule has 1 atom stereocenters. The predicted octanol–water partition coefficient (Wildman–Crippen LogP) is 1.60. The number of hydrogen-bond donors (Lipinski definition) is 2. The molecule has 2 N–H and O–H groups in total. The van der Waals surface area contributed by atoms with E-state index in [0.717, 1.165) is 37.6 Å². The summed E-state index contributed by atoms with van der Waals surface area (Å²) in [6.07, 6.45) is 4.44. The second-order valence-electron chi connectivity index (χ2n) is 4.81. The Labute approximate surface area is 112 Å². The number of nitrogens with zero attached hydrogens (tertiary/aromatic N) is 3. The van der Waals surface area contributed by atoms with Gasteiger partial charge in [-0.3, -0.25) is 4.79 Å². The molecule has 1 aliphatic heterocycles.